The normalized spacial score (nSPS) is 16.2. The molecule has 1 atom stereocenters. The Morgan fingerprint density at radius 1 is 0.939 bits per heavy atom. The highest BCUT2D eigenvalue weighted by atomic mass is 32.2. The van der Waals surface area contributed by atoms with Gasteiger partial charge in [0.05, 0.1) is 5.75 Å². The minimum absolute atomic E-state index is 0.0511. The summed E-state index contributed by atoms with van der Waals surface area (Å²) in [6.45, 7) is 10.6. The summed E-state index contributed by atoms with van der Waals surface area (Å²) in [5.74, 6) is 0.442. The van der Waals surface area contributed by atoms with E-state index in [0.717, 1.165) is 28.1 Å². The first-order valence-electron chi connectivity index (χ1n) is 11.2. The Balaban J connectivity index is 1.49. The number of carbonyl (C=O) groups excluding carboxylic acids is 2. The number of amides is 2. The lowest BCUT2D eigenvalue weighted by molar-refractivity contribution is -0.115. The molecule has 1 aliphatic heterocycles. The molecule has 1 fully saturated rings. The molecule has 170 valence electrons. The van der Waals surface area contributed by atoms with E-state index < -0.39 is 0 Å². The van der Waals surface area contributed by atoms with E-state index >= 15 is 0 Å². The van der Waals surface area contributed by atoms with Crippen molar-refractivity contribution in [2.45, 2.75) is 45.4 Å². The van der Waals surface area contributed by atoms with E-state index in [1.54, 1.807) is 11.8 Å². The summed E-state index contributed by atoms with van der Waals surface area (Å²) in [5, 5.41) is 2.90. The lowest BCUT2D eigenvalue weighted by Crippen LogP contribution is -2.28. The van der Waals surface area contributed by atoms with Gasteiger partial charge in [-0.05, 0) is 77.9 Å². The third-order valence-corrected chi connectivity index (χ3v) is 7.03. The first-order chi connectivity index (χ1) is 15.6. The van der Waals surface area contributed by atoms with Gasteiger partial charge in [0.2, 0.25) is 5.91 Å². The van der Waals surface area contributed by atoms with Crippen LogP contribution in [0.5, 0.6) is 0 Å². The van der Waals surface area contributed by atoms with E-state index in [2.05, 4.69) is 44.3 Å². The largest absolute Gasteiger partial charge is 0.322 e. The van der Waals surface area contributed by atoms with Crippen LogP contribution < -0.4 is 10.2 Å². The molecule has 2 amide bonds. The Hall–Kier alpha value is -3.05. The predicted octanol–water partition coefficient (Wildman–Crippen LogP) is 6.63. The number of rotatable bonds is 4. The third kappa shape index (κ3) is 5.14. The fraction of sp³-hybridized carbons (Fsp3) is 0.286. The van der Waals surface area contributed by atoms with Crippen LogP contribution in [-0.2, 0) is 10.2 Å². The second kappa shape index (κ2) is 9.06. The minimum Gasteiger partial charge on any atom is -0.322 e. The van der Waals surface area contributed by atoms with Crippen LogP contribution in [-0.4, -0.2) is 17.6 Å². The summed E-state index contributed by atoms with van der Waals surface area (Å²) in [6.07, 6.45) is 0. The van der Waals surface area contributed by atoms with Gasteiger partial charge in [0.25, 0.3) is 5.91 Å². The smallest absolute Gasteiger partial charge is 0.255 e. The van der Waals surface area contributed by atoms with E-state index in [9.17, 15) is 9.59 Å². The van der Waals surface area contributed by atoms with Crippen LogP contribution in [0.2, 0.25) is 0 Å². The first-order valence-corrected chi connectivity index (χ1v) is 12.2. The van der Waals surface area contributed by atoms with Gasteiger partial charge in [0.1, 0.15) is 5.37 Å². The van der Waals surface area contributed by atoms with Gasteiger partial charge in [0.15, 0.2) is 0 Å². The van der Waals surface area contributed by atoms with Crippen LogP contribution in [0.1, 0.15) is 58.8 Å². The van der Waals surface area contributed by atoms with E-state index in [1.807, 2.05) is 67.3 Å². The number of thioether (sulfide) groups is 1. The Kier molecular flexibility index (Phi) is 6.35. The molecule has 0 aliphatic carbocycles. The number of carbonyl (C=O) groups is 2. The van der Waals surface area contributed by atoms with E-state index in [4.69, 9.17) is 0 Å². The predicted molar refractivity (Wildman–Crippen MR) is 138 cm³/mol. The van der Waals surface area contributed by atoms with E-state index in [-0.39, 0.29) is 22.6 Å². The fourth-order valence-corrected chi connectivity index (χ4v) is 5.27. The van der Waals surface area contributed by atoms with Crippen LogP contribution in [0.4, 0.5) is 11.4 Å². The van der Waals surface area contributed by atoms with Crippen LogP contribution in [0.15, 0.2) is 66.7 Å². The molecule has 0 saturated carbocycles. The highest BCUT2D eigenvalue weighted by Crippen LogP contribution is 2.42. The number of hydrogen-bond donors (Lipinski definition) is 1. The molecule has 1 saturated heterocycles. The molecule has 0 unspecified atom stereocenters. The van der Waals surface area contributed by atoms with Crippen molar-refractivity contribution in [3.8, 4) is 0 Å². The van der Waals surface area contributed by atoms with Crippen LogP contribution in [0.3, 0.4) is 0 Å². The number of nitrogens with one attached hydrogen (secondary N) is 1. The van der Waals surface area contributed by atoms with Gasteiger partial charge in [-0.25, -0.2) is 0 Å². The highest BCUT2D eigenvalue weighted by Gasteiger charge is 2.34. The monoisotopic (exact) mass is 458 g/mol. The Morgan fingerprint density at radius 3 is 2.12 bits per heavy atom. The summed E-state index contributed by atoms with van der Waals surface area (Å²) in [6, 6.07) is 21.8. The molecule has 4 rings (SSSR count). The molecule has 3 aromatic rings. The van der Waals surface area contributed by atoms with Gasteiger partial charge < -0.3 is 5.32 Å². The van der Waals surface area contributed by atoms with Crippen LogP contribution in [0.25, 0.3) is 0 Å². The average Bonchev–Trinajstić information content (AvgIpc) is 3.14. The molecule has 3 aromatic carbocycles. The molecule has 33 heavy (non-hydrogen) atoms. The number of hydrogen-bond acceptors (Lipinski definition) is 3. The summed E-state index contributed by atoms with van der Waals surface area (Å²) in [7, 11) is 0. The molecule has 0 radical (unpaired) electrons. The zero-order valence-corrected chi connectivity index (χ0v) is 20.6. The standard InChI is InChI=1S/C28H30N2O2S/c1-18-14-19(2)16-24(15-18)30-25(31)17-33-27(30)21-8-12-23(13-9-21)29-26(32)20-6-10-22(11-7-20)28(3,4)5/h6-16,27H,17H2,1-5H3,(H,29,32)/t27-/m1/s1. The van der Waals surface area contributed by atoms with Crippen molar-refractivity contribution in [3.63, 3.8) is 0 Å². The number of aryl methyl sites for hydroxylation is 2. The molecule has 0 aromatic heterocycles. The summed E-state index contributed by atoms with van der Waals surface area (Å²) in [5.41, 5.74) is 6.86. The first kappa shape index (κ1) is 23.1. The van der Waals surface area contributed by atoms with Crippen molar-refractivity contribution in [2.75, 3.05) is 16.0 Å². The molecule has 4 nitrogen and oxygen atoms in total. The lowest BCUT2D eigenvalue weighted by Gasteiger charge is -2.25. The maximum absolute atomic E-state index is 12.7. The Labute approximate surface area is 200 Å². The van der Waals surface area contributed by atoms with Crippen molar-refractivity contribution in [3.05, 3.63) is 94.5 Å². The van der Waals surface area contributed by atoms with E-state index in [1.165, 1.54) is 5.56 Å². The van der Waals surface area contributed by atoms with Gasteiger partial charge in [-0.15, -0.1) is 11.8 Å². The quantitative estimate of drug-likeness (QED) is 0.477. The molecule has 1 N–H and O–H groups in total. The number of anilines is 2. The zero-order valence-electron chi connectivity index (χ0n) is 19.8. The number of nitrogens with zero attached hydrogens (tertiary/aromatic N) is 1. The van der Waals surface area contributed by atoms with Gasteiger partial charge >= 0.3 is 0 Å². The van der Waals surface area contributed by atoms with Crippen molar-refractivity contribution in [2.24, 2.45) is 0 Å². The molecule has 5 heteroatoms. The average molecular weight is 459 g/mol. The second-order valence-corrected chi connectivity index (χ2v) is 10.7. The van der Waals surface area contributed by atoms with Crippen molar-refractivity contribution < 1.29 is 9.59 Å². The minimum atomic E-state index is -0.134. The fourth-order valence-electron chi connectivity index (χ4n) is 4.10. The zero-order chi connectivity index (χ0) is 23.8. The number of benzene rings is 3. The van der Waals surface area contributed by atoms with Crippen LogP contribution >= 0.6 is 11.8 Å². The molecule has 1 aliphatic rings. The summed E-state index contributed by atoms with van der Waals surface area (Å²) in [4.78, 5) is 27.3. The van der Waals surface area contributed by atoms with Crippen molar-refractivity contribution in [1.29, 1.82) is 0 Å². The third-order valence-electron chi connectivity index (χ3n) is 5.82. The second-order valence-electron chi connectivity index (χ2n) is 9.68. The summed E-state index contributed by atoms with van der Waals surface area (Å²) < 4.78 is 0. The van der Waals surface area contributed by atoms with E-state index in [0.29, 0.717) is 11.3 Å². The maximum atomic E-state index is 12.7. The van der Waals surface area contributed by atoms with Gasteiger partial charge in [-0.3, -0.25) is 14.5 Å². The van der Waals surface area contributed by atoms with Crippen LogP contribution in [0, 0.1) is 13.8 Å². The van der Waals surface area contributed by atoms with Gasteiger partial charge in [-0.1, -0.05) is 51.1 Å². The molecular weight excluding hydrogens is 428 g/mol. The Morgan fingerprint density at radius 2 is 1.55 bits per heavy atom. The molecule has 0 spiro atoms. The van der Waals surface area contributed by atoms with Crippen molar-refractivity contribution >= 4 is 35.0 Å². The van der Waals surface area contributed by atoms with Gasteiger partial charge in [-0.2, -0.15) is 0 Å². The topological polar surface area (TPSA) is 49.4 Å². The molecular formula is C28H30N2O2S. The SMILES string of the molecule is Cc1cc(C)cc(N2C(=O)CS[C@@H]2c2ccc(NC(=O)c3ccc(C(C)(C)C)cc3)cc2)c1. The van der Waals surface area contributed by atoms with Gasteiger partial charge in [0, 0.05) is 16.9 Å². The molecule has 0 bridgehead atoms. The lowest BCUT2D eigenvalue weighted by atomic mass is 9.87. The highest BCUT2D eigenvalue weighted by molar-refractivity contribution is 8.00. The molecule has 1 heterocycles. The van der Waals surface area contributed by atoms with Crippen molar-refractivity contribution in [1.82, 2.24) is 0 Å². The Bertz CT molecular complexity index is 1160. The summed E-state index contributed by atoms with van der Waals surface area (Å²) >= 11 is 1.63. The maximum Gasteiger partial charge on any atom is 0.255 e.